The number of hydrogen-bond donors (Lipinski definition) is 1. The predicted octanol–water partition coefficient (Wildman–Crippen LogP) is 4.96. The normalized spacial score (nSPS) is 10.7. The lowest BCUT2D eigenvalue weighted by molar-refractivity contribution is 0.0954. The lowest BCUT2D eigenvalue weighted by Crippen LogP contribution is -2.17. The zero-order valence-corrected chi connectivity index (χ0v) is 19.8. The van der Waals surface area contributed by atoms with Gasteiger partial charge in [-0.25, -0.2) is 9.82 Å². The van der Waals surface area contributed by atoms with Crippen LogP contribution in [-0.4, -0.2) is 33.5 Å². The molecule has 9 heteroatoms. The van der Waals surface area contributed by atoms with E-state index in [9.17, 15) is 9.18 Å². The van der Waals surface area contributed by atoms with Crippen LogP contribution in [-0.2, 0) is 6.61 Å². The van der Waals surface area contributed by atoms with Crippen LogP contribution >= 0.6 is 15.9 Å². The number of methoxy groups -OCH3 is 3. The standard InChI is InChI=1S/C24H22BrFN2O5/c1-30-18-10-17(11-19(12-18)31-2)24(29)28-27-13-15-8-20(25)23(22(9-15)32-3)33-14-16-6-4-5-7-21(16)26/h4-13H,14H2,1-3H3,(H,28,29)/b27-13-. The highest BCUT2D eigenvalue weighted by atomic mass is 79.9. The van der Waals surface area contributed by atoms with E-state index in [2.05, 4.69) is 26.5 Å². The Kier molecular flexibility index (Phi) is 8.26. The molecule has 0 saturated carbocycles. The Morgan fingerprint density at radius 1 is 1.03 bits per heavy atom. The molecule has 0 aliphatic carbocycles. The topological polar surface area (TPSA) is 78.4 Å². The van der Waals surface area contributed by atoms with E-state index >= 15 is 0 Å². The molecule has 0 fully saturated rings. The summed E-state index contributed by atoms with van der Waals surface area (Å²) < 4.78 is 36.0. The number of amides is 1. The second kappa shape index (κ2) is 11.3. The Balaban J connectivity index is 1.72. The molecule has 1 N–H and O–H groups in total. The summed E-state index contributed by atoms with van der Waals surface area (Å²) in [5, 5.41) is 4.01. The zero-order valence-electron chi connectivity index (χ0n) is 18.2. The first-order chi connectivity index (χ1) is 15.9. The van der Waals surface area contributed by atoms with Gasteiger partial charge >= 0.3 is 0 Å². The van der Waals surface area contributed by atoms with Crippen LogP contribution in [0.3, 0.4) is 0 Å². The largest absolute Gasteiger partial charge is 0.497 e. The van der Waals surface area contributed by atoms with Crippen LogP contribution in [0.2, 0.25) is 0 Å². The van der Waals surface area contributed by atoms with Crippen molar-refractivity contribution in [2.75, 3.05) is 21.3 Å². The van der Waals surface area contributed by atoms with Gasteiger partial charge in [0.1, 0.15) is 23.9 Å². The van der Waals surface area contributed by atoms with E-state index in [4.69, 9.17) is 18.9 Å². The fourth-order valence-corrected chi connectivity index (χ4v) is 3.46. The molecule has 1 amide bonds. The van der Waals surface area contributed by atoms with E-state index in [1.807, 2.05) is 0 Å². The predicted molar refractivity (Wildman–Crippen MR) is 126 cm³/mol. The number of nitrogens with zero attached hydrogens (tertiary/aromatic N) is 1. The number of halogens is 2. The van der Waals surface area contributed by atoms with Crippen molar-refractivity contribution in [1.29, 1.82) is 0 Å². The highest BCUT2D eigenvalue weighted by molar-refractivity contribution is 9.10. The van der Waals surface area contributed by atoms with Gasteiger partial charge in [0, 0.05) is 17.2 Å². The molecule has 0 radical (unpaired) electrons. The van der Waals surface area contributed by atoms with Gasteiger partial charge in [0.05, 0.1) is 32.0 Å². The maximum atomic E-state index is 13.9. The third-order valence-electron chi connectivity index (χ3n) is 4.57. The minimum atomic E-state index is -0.431. The molecule has 7 nitrogen and oxygen atoms in total. The highest BCUT2D eigenvalue weighted by Crippen LogP contribution is 2.37. The molecule has 0 bridgehead atoms. The van der Waals surface area contributed by atoms with Crippen LogP contribution in [0.5, 0.6) is 23.0 Å². The van der Waals surface area contributed by atoms with Gasteiger partial charge in [-0.05, 0) is 51.8 Å². The first-order valence-electron chi connectivity index (χ1n) is 9.75. The molecule has 0 atom stereocenters. The number of rotatable bonds is 9. The smallest absolute Gasteiger partial charge is 0.271 e. The van der Waals surface area contributed by atoms with Crippen molar-refractivity contribution in [3.8, 4) is 23.0 Å². The van der Waals surface area contributed by atoms with Crippen molar-refractivity contribution in [2.24, 2.45) is 5.10 Å². The van der Waals surface area contributed by atoms with Gasteiger partial charge in [-0.1, -0.05) is 18.2 Å². The van der Waals surface area contributed by atoms with Crippen molar-refractivity contribution in [1.82, 2.24) is 5.43 Å². The van der Waals surface area contributed by atoms with Crippen LogP contribution in [0.15, 0.2) is 64.2 Å². The Morgan fingerprint density at radius 2 is 1.73 bits per heavy atom. The van der Waals surface area contributed by atoms with Crippen LogP contribution in [0.1, 0.15) is 21.5 Å². The van der Waals surface area contributed by atoms with Gasteiger partial charge in [-0.15, -0.1) is 0 Å². The molecule has 0 aliphatic heterocycles. The summed E-state index contributed by atoms with van der Waals surface area (Å²) in [6.45, 7) is 0.0368. The number of hydrazone groups is 1. The number of ether oxygens (including phenoxy) is 4. The van der Waals surface area contributed by atoms with E-state index in [1.165, 1.54) is 33.6 Å². The van der Waals surface area contributed by atoms with Gasteiger partial charge in [-0.2, -0.15) is 5.10 Å². The van der Waals surface area contributed by atoms with Gasteiger partial charge in [-0.3, -0.25) is 4.79 Å². The SMILES string of the molecule is COc1cc(OC)cc(C(=O)N/N=C\c2cc(Br)c(OCc3ccccc3F)c(OC)c2)c1. The van der Waals surface area contributed by atoms with Crippen molar-refractivity contribution < 1.29 is 28.1 Å². The van der Waals surface area contributed by atoms with E-state index in [0.29, 0.717) is 44.2 Å². The molecule has 3 rings (SSSR count). The second-order valence-electron chi connectivity index (χ2n) is 6.71. The van der Waals surface area contributed by atoms with Gasteiger partial charge in [0.25, 0.3) is 5.91 Å². The number of hydrogen-bond acceptors (Lipinski definition) is 6. The molecular weight excluding hydrogens is 495 g/mol. The molecule has 0 aliphatic rings. The van der Waals surface area contributed by atoms with Gasteiger partial charge in [0.15, 0.2) is 11.5 Å². The Bertz CT molecular complexity index is 1150. The monoisotopic (exact) mass is 516 g/mol. The van der Waals surface area contributed by atoms with E-state index in [1.54, 1.807) is 48.5 Å². The number of carbonyl (C=O) groups is 1. The Hall–Kier alpha value is -3.59. The van der Waals surface area contributed by atoms with Crippen molar-refractivity contribution in [3.63, 3.8) is 0 Å². The molecule has 33 heavy (non-hydrogen) atoms. The van der Waals surface area contributed by atoms with Crippen LogP contribution in [0.25, 0.3) is 0 Å². The van der Waals surface area contributed by atoms with Gasteiger partial charge < -0.3 is 18.9 Å². The lowest BCUT2D eigenvalue weighted by atomic mass is 10.2. The average Bonchev–Trinajstić information content (AvgIpc) is 2.83. The Morgan fingerprint density at radius 3 is 2.36 bits per heavy atom. The van der Waals surface area contributed by atoms with Crippen molar-refractivity contribution in [3.05, 3.63) is 81.6 Å². The maximum absolute atomic E-state index is 13.9. The number of nitrogens with one attached hydrogen (secondary N) is 1. The fraction of sp³-hybridized carbons (Fsp3) is 0.167. The Labute approximate surface area is 199 Å². The first kappa shape index (κ1) is 24.1. The summed E-state index contributed by atoms with van der Waals surface area (Å²) in [6, 6.07) is 14.6. The molecular formula is C24H22BrFN2O5. The molecule has 3 aromatic rings. The molecule has 0 saturated heterocycles. The minimum Gasteiger partial charge on any atom is -0.497 e. The van der Waals surface area contributed by atoms with Crippen LogP contribution in [0, 0.1) is 5.82 Å². The van der Waals surface area contributed by atoms with E-state index < -0.39 is 5.91 Å². The summed E-state index contributed by atoms with van der Waals surface area (Å²) in [6.07, 6.45) is 1.46. The molecule has 0 heterocycles. The maximum Gasteiger partial charge on any atom is 0.271 e. The molecule has 172 valence electrons. The third kappa shape index (κ3) is 6.23. The third-order valence-corrected chi connectivity index (χ3v) is 5.16. The van der Waals surface area contributed by atoms with Gasteiger partial charge in [0.2, 0.25) is 0 Å². The average molecular weight is 517 g/mol. The van der Waals surface area contributed by atoms with Crippen LogP contribution < -0.4 is 24.4 Å². The highest BCUT2D eigenvalue weighted by Gasteiger charge is 2.13. The summed E-state index contributed by atoms with van der Waals surface area (Å²) in [5.74, 6) is 1.04. The first-order valence-corrected chi connectivity index (χ1v) is 10.5. The fourth-order valence-electron chi connectivity index (χ4n) is 2.89. The molecule has 0 spiro atoms. The number of carbonyl (C=O) groups excluding carboxylic acids is 1. The minimum absolute atomic E-state index is 0.0368. The van der Waals surface area contributed by atoms with Crippen molar-refractivity contribution in [2.45, 2.75) is 6.61 Å². The second-order valence-corrected chi connectivity index (χ2v) is 7.57. The summed E-state index contributed by atoms with van der Waals surface area (Å²) in [4.78, 5) is 12.4. The summed E-state index contributed by atoms with van der Waals surface area (Å²) in [5.41, 5.74) is 3.86. The van der Waals surface area contributed by atoms with E-state index in [0.717, 1.165) is 0 Å². The molecule has 3 aromatic carbocycles. The summed E-state index contributed by atoms with van der Waals surface area (Å²) >= 11 is 3.44. The summed E-state index contributed by atoms with van der Waals surface area (Å²) in [7, 11) is 4.50. The molecule has 0 unspecified atom stereocenters. The van der Waals surface area contributed by atoms with E-state index in [-0.39, 0.29) is 12.4 Å². The molecule has 0 aromatic heterocycles. The zero-order chi connectivity index (χ0) is 23.8. The quantitative estimate of drug-likeness (QED) is 0.321. The van der Waals surface area contributed by atoms with Crippen LogP contribution in [0.4, 0.5) is 4.39 Å². The number of benzene rings is 3. The van der Waals surface area contributed by atoms with Crippen molar-refractivity contribution >= 4 is 28.1 Å². The lowest BCUT2D eigenvalue weighted by Gasteiger charge is -2.14.